The zero-order valence-electron chi connectivity index (χ0n) is 17.0. The molecule has 1 N–H and O–H groups in total. The van der Waals surface area contributed by atoms with Crippen molar-refractivity contribution in [2.45, 2.75) is 124 Å². The molecule has 0 rings (SSSR count). The molecule has 0 fully saturated rings. The van der Waals surface area contributed by atoms with Gasteiger partial charge in [0.25, 0.3) is 0 Å². The lowest BCUT2D eigenvalue weighted by Crippen LogP contribution is -2.29. The van der Waals surface area contributed by atoms with Crippen LogP contribution in [-0.2, 0) is 4.79 Å². The lowest BCUT2D eigenvalue weighted by molar-refractivity contribution is -0.121. The van der Waals surface area contributed by atoms with E-state index in [-0.39, 0.29) is 5.91 Å². The normalized spacial score (nSPS) is 12.3. The van der Waals surface area contributed by atoms with Gasteiger partial charge in [0, 0.05) is 13.0 Å². The van der Waals surface area contributed by atoms with Gasteiger partial charge in [0.15, 0.2) is 0 Å². The van der Waals surface area contributed by atoms with Crippen LogP contribution in [0.4, 0.5) is 0 Å². The molecule has 2 heteroatoms. The van der Waals surface area contributed by atoms with E-state index in [0.717, 1.165) is 13.0 Å². The molecule has 1 unspecified atom stereocenters. The molecule has 0 saturated carbocycles. The third-order valence-corrected chi connectivity index (χ3v) is 5.03. The van der Waals surface area contributed by atoms with Crippen LogP contribution in [0.25, 0.3) is 0 Å². The van der Waals surface area contributed by atoms with Gasteiger partial charge in [0.1, 0.15) is 0 Å². The minimum atomic E-state index is 0.268. The summed E-state index contributed by atoms with van der Waals surface area (Å²) in [4.78, 5) is 11.9. The molecule has 0 aliphatic carbocycles. The van der Waals surface area contributed by atoms with Crippen LogP contribution in [-0.4, -0.2) is 12.5 Å². The van der Waals surface area contributed by atoms with Gasteiger partial charge in [-0.1, -0.05) is 97.8 Å². The Labute approximate surface area is 152 Å². The average molecular weight is 340 g/mol. The fourth-order valence-corrected chi connectivity index (χ4v) is 3.30. The van der Waals surface area contributed by atoms with Crippen LogP contribution in [0.2, 0.25) is 0 Å². The number of nitrogens with one attached hydrogen (secondary N) is 1. The molecule has 0 aromatic carbocycles. The largest absolute Gasteiger partial charge is 0.356 e. The van der Waals surface area contributed by atoms with Crippen molar-refractivity contribution in [3.8, 4) is 0 Å². The van der Waals surface area contributed by atoms with E-state index in [1.165, 1.54) is 89.9 Å². The van der Waals surface area contributed by atoms with Gasteiger partial charge in [-0.25, -0.2) is 0 Å². The first-order valence-electron chi connectivity index (χ1n) is 11.0. The van der Waals surface area contributed by atoms with Crippen molar-refractivity contribution in [1.29, 1.82) is 0 Å². The number of hydrogen-bond donors (Lipinski definition) is 1. The topological polar surface area (TPSA) is 29.1 Å². The zero-order valence-corrected chi connectivity index (χ0v) is 17.0. The third kappa shape index (κ3) is 16.3. The quantitative estimate of drug-likeness (QED) is 0.267. The van der Waals surface area contributed by atoms with Crippen LogP contribution in [0.15, 0.2) is 0 Å². The second-order valence-electron chi connectivity index (χ2n) is 7.53. The molecular weight excluding hydrogens is 294 g/mol. The second-order valence-corrected chi connectivity index (χ2v) is 7.53. The van der Waals surface area contributed by atoms with Crippen LogP contribution in [0.1, 0.15) is 124 Å². The van der Waals surface area contributed by atoms with Gasteiger partial charge in [-0.3, -0.25) is 4.79 Å². The summed E-state index contributed by atoms with van der Waals surface area (Å²) in [6.45, 7) is 7.64. The van der Waals surface area contributed by atoms with E-state index in [1.807, 2.05) is 0 Å². The van der Waals surface area contributed by atoms with Crippen LogP contribution >= 0.6 is 0 Å². The number of hydrogen-bond acceptors (Lipinski definition) is 1. The predicted molar refractivity (Wildman–Crippen MR) is 107 cm³/mol. The maximum Gasteiger partial charge on any atom is 0.220 e. The Morgan fingerprint density at radius 3 is 1.71 bits per heavy atom. The SMILES string of the molecule is CCCCCCCCC(CCCCCC)CNC(=O)CCCCC. The summed E-state index contributed by atoms with van der Waals surface area (Å²) in [7, 11) is 0. The van der Waals surface area contributed by atoms with Crippen LogP contribution in [0.3, 0.4) is 0 Å². The molecule has 0 spiro atoms. The Kier molecular flexibility index (Phi) is 18.4. The molecule has 1 atom stereocenters. The van der Waals surface area contributed by atoms with Crippen molar-refractivity contribution in [1.82, 2.24) is 5.32 Å². The number of carbonyl (C=O) groups is 1. The molecule has 0 bridgehead atoms. The van der Waals surface area contributed by atoms with Gasteiger partial charge in [-0.05, 0) is 25.2 Å². The third-order valence-electron chi connectivity index (χ3n) is 5.03. The van der Waals surface area contributed by atoms with Crippen LogP contribution < -0.4 is 5.32 Å². The predicted octanol–water partition coefficient (Wildman–Crippen LogP) is 7.02. The molecule has 0 aliphatic rings. The number of amides is 1. The Balaban J connectivity index is 3.91. The molecule has 0 heterocycles. The van der Waals surface area contributed by atoms with Crippen LogP contribution in [0, 0.1) is 5.92 Å². The van der Waals surface area contributed by atoms with Gasteiger partial charge < -0.3 is 5.32 Å². The highest BCUT2D eigenvalue weighted by molar-refractivity contribution is 5.75. The Bertz CT molecular complexity index is 265. The highest BCUT2D eigenvalue weighted by Crippen LogP contribution is 2.18. The van der Waals surface area contributed by atoms with E-state index in [1.54, 1.807) is 0 Å². The van der Waals surface area contributed by atoms with Crippen LogP contribution in [0.5, 0.6) is 0 Å². The summed E-state index contributed by atoms with van der Waals surface area (Å²) in [6.07, 6.45) is 20.3. The van der Waals surface area contributed by atoms with Gasteiger partial charge >= 0.3 is 0 Å². The number of carbonyl (C=O) groups excluding carboxylic acids is 1. The molecule has 0 aromatic heterocycles. The summed E-state index contributed by atoms with van der Waals surface area (Å²) in [5.41, 5.74) is 0. The molecule has 0 saturated heterocycles. The van der Waals surface area contributed by atoms with Gasteiger partial charge in [0.2, 0.25) is 5.91 Å². The van der Waals surface area contributed by atoms with E-state index in [0.29, 0.717) is 12.3 Å². The zero-order chi connectivity index (χ0) is 17.9. The maximum atomic E-state index is 11.9. The lowest BCUT2D eigenvalue weighted by atomic mass is 9.94. The molecule has 144 valence electrons. The van der Waals surface area contributed by atoms with Crippen molar-refractivity contribution >= 4 is 5.91 Å². The Morgan fingerprint density at radius 1 is 0.667 bits per heavy atom. The highest BCUT2D eigenvalue weighted by atomic mass is 16.1. The average Bonchev–Trinajstić information content (AvgIpc) is 2.59. The van der Waals surface area contributed by atoms with Crippen molar-refractivity contribution in [2.24, 2.45) is 5.92 Å². The van der Waals surface area contributed by atoms with Crippen molar-refractivity contribution in [2.75, 3.05) is 6.54 Å². The minimum absolute atomic E-state index is 0.268. The summed E-state index contributed by atoms with van der Waals surface area (Å²) in [5, 5.41) is 3.20. The Morgan fingerprint density at radius 2 is 1.12 bits per heavy atom. The maximum absolute atomic E-state index is 11.9. The van der Waals surface area contributed by atoms with E-state index in [4.69, 9.17) is 0 Å². The van der Waals surface area contributed by atoms with E-state index < -0.39 is 0 Å². The molecule has 1 amide bonds. The van der Waals surface area contributed by atoms with Crippen molar-refractivity contribution in [3.63, 3.8) is 0 Å². The number of rotatable bonds is 18. The second kappa shape index (κ2) is 18.8. The monoisotopic (exact) mass is 339 g/mol. The van der Waals surface area contributed by atoms with Crippen molar-refractivity contribution in [3.05, 3.63) is 0 Å². The molecule has 0 radical (unpaired) electrons. The van der Waals surface area contributed by atoms with E-state index >= 15 is 0 Å². The standard InChI is InChI=1S/C22H45NO/c1-4-7-10-12-13-16-18-21(17-15-11-8-5-2)20-23-22(24)19-14-9-6-3/h21H,4-20H2,1-3H3,(H,23,24). The molecule has 2 nitrogen and oxygen atoms in total. The minimum Gasteiger partial charge on any atom is -0.356 e. The molecular formula is C22H45NO. The van der Waals surface area contributed by atoms with E-state index in [2.05, 4.69) is 26.1 Å². The Hall–Kier alpha value is -0.530. The summed E-state index contributed by atoms with van der Waals surface area (Å²) in [6, 6.07) is 0. The first-order chi connectivity index (χ1) is 11.7. The summed E-state index contributed by atoms with van der Waals surface area (Å²) < 4.78 is 0. The lowest BCUT2D eigenvalue weighted by Gasteiger charge is -2.18. The molecule has 0 aromatic rings. The number of unbranched alkanes of at least 4 members (excludes halogenated alkanes) is 10. The fraction of sp³-hybridized carbons (Fsp3) is 0.955. The highest BCUT2D eigenvalue weighted by Gasteiger charge is 2.10. The first-order valence-corrected chi connectivity index (χ1v) is 11.0. The summed E-state index contributed by atoms with van der Waals surface area (Å²) in [5.74, 6) is 0.966. The van der Waals surface area contributed by atoms with Gasteiger partial charge in [-0.2, -0.15) is 0 Å². The molecule has 24 heavy (non-hydrogen) atoms. The summed E-state index contributed by atoms with van der Waals surface area (Å²) >= 11 is 0. The smallest absolute Gasteiger partial charge is 0.220 e. The molecule has 0 aliphatic heterocycles. The van der Waals surface area contributed by atoms with Crippen molar-refractivity contribution < 1.29 is 4.79 Å². The van der Waals surface area contributed by atoms with Gasteiger partial charge in [0.05, 0.1) is 0 Å². The first kappa shape index (κ1) is 23.5. The fourth-order valence-electron chi connectivity index (χ4n) is 3.30. The van der Waals surface area contributed by atoms with Gasteiger partial charge in [-0.15, -0.1) is 0 Å². The van der Waals surface area contributed by atoms with E-state index in [9.17, 15) is 4.79 Å².